The van der Waals surface area contributed by atoms with E-state index in [1.54, 1.807) is 51.1 Å². The number of ether oxygens (including phenoxy) is 1. The van der Waals surface area contributed by atoms with Crippen molar-refractivity contribution in [1.29, 1.82) is 0 Å². The molecule has 0 saturated carbocycles. The number of nitrogens with one attached hydrogen (secondary N) is 1. The molecular weight excluding hydrogens is 364 g/mol. The van der Waals surface area contributed by atoms with Crippen LogP contribution in [0.2, 0.25) is 0 Å². The Bertz CT molecular complexity index is 940. The maximum atomic E-state index is 12.9. The monoisotopic (exact) mass is 386 g/mol. The van der Waals surface area contributed by atoms with Crippen LogP contribution in [-0.4, -0.2) is 29.0 Å². The van der Waals surface area contributed by atoms with Gasteiger partial charge in [0.15, 0.2) is 0 Å². The van der Waals surface area contributed by atoms with Crippen LogP contribution in [0.4, 0.5) is 5.69 Å². The van der Waals surface area contributed by atoms with Gasteiger partial charge in [-0.3, -0.25) is 19.7 Å². The predicted octanol–water partition coefficient (Wildman–Crippen LogP) is 3.34. The fourth-order valence-corrected chi connectivity index (χ4v) is 3.09. The minimum Gasteiger partial charge on any atom is -0.497 e. The fraction of sp³-hybridized carbons (Fsp3) is 0.300. The Morgan fingerprint density at radius 1 is 1.21 bits per heavy atom. The molecule has 1 amide bonds. The average Bonchev–Trinajstić information content (AvgIpc) is 2.60. The van der Waals surface area contributed by atoms with Gasteiger partial charge < -0.3 is 15.2 Å². The highest BCUT2D eigenvalue weighted by Crippen LogP contribution is 2.29. The van der Waals surface area contributed by atoms with Crippen LogP contribution in [0.25, 0.3) is 0 Å². The SMILES string of the molecule is COc1cccc(C(C)(CC(=O)O)NC(=O)c2cc([N+](=O)[O-])c(C)cc2C)c1. The van der Waals surface area contributed by atoms with Crippen molar-refractivity contribution in [3.05, 3.63) is 68.8 Å². The second-order valence-electron chi connectivity index (χ2n) is 6.80. The molecule has 2 rings (SSSR count). The van der Waals surface area contributed by atoms with Crippen LogP contribution < -0.4 is 10.1 Å². The summed E-state index contributed by atoms with van der Waals surface area (Å²) in [7, 11) is 1.49. The Morgan fingerprint density at radius 3 is 2.46 bits per heavy atom. The van der Waals surface area contributed by atoms with Gasteiger partial charge in [-0.2, -0.15) is 0 Å². The van der Waals surface area contributed by atoms with Crippen LogP contribution >= 0.6 is 0 Å². The van der Waals surface area contributed by atoms with Crippen LogP contribution in [0.5, 0.6) is 5.75 Å². The Labute approximate surface area is 162 Å². The molecule has 0 aliphatic heterocycles. The number of aryl methyl sites for hydroxylation is 2. The van der Waals surface area contributed by atoms with E-state index >= 15 is 0 Å². The van der Waals surface area contributed by atoms with E-state index in [1.165, 1.54) is 13.2 Å². The van der Waals surface area contributed by atoms with Crippen molar-refractivity contribution < 1.29 is 24.4 Å². The number of carbonyl (C=O) groups is 2. The highest BCUT2D eigenvalue weighted by atomic mass is 16.6. The third-order valence-corrected chi connectivity index (χ3v) is 4.59. The molecule has 0 fully saturated rings. The average molecular weight is 386 g/mol. The van der Waals surface area contributed by atoms with Gasteiger partial charge in [0.1, 0.15) is 5.75 Å². The first-order chi connectivity index (χ1) is 13.1. The van der Waals surface area contributed by atoms with Crippen molar-refractivity contribution in [2.24, 2.45) is 0 Å². The molecule has 1 unspecified atom stereocenters. The second-order valence-corrected chi connectivity index (χ2v) is 6.80. The molecule has 8 nitrogen and oxygen atoms in total. The number of nitrogens with zero attached hydrogens (tertiary/aromatic N) is 1. The second kappa shape index (κ2) is 8.08. The quantitative estimate of drug-likeness (QED) is 0.556. The van der Waals surface area contributed by atoms with Crippen molar-refractivity contribution in [3.8, 4) is 5.75 Å². The maximum absolute atomic E-state index is 12.9. The Morgan fingerprint density at radius 2 is 1.89 bits per heavy atom. The van der Waals surface area contributed by atoms with Gasteiger partial charge in [-0.15, -0.1) is 0 Å². The standard InChI is InChI=1S/C20H22N2O6/c1-12-8-13(2)17(22(26)27)10-16(12)19(25)21-20(3,11-18(23)24)14-6-5-7-15(9-14)28-4/h5-10H,11H2,1-4H3,(H,21,25)(H,23,24). The fourth-order valence-electron chi connectivity index (χ4n) is 3.09. The molecule has 0 radical (unpaired) electrons. The van der Waals surface area contributed by atoms with E-state index in [0.717, 1.165) is 0 Å². The summed E-state index contributed by atoms with van der Waals surface area (Å²) >= 11 is 0. The van der Waals surface area contributed by atoms with E-state index in [0.29, 0.717) is 22.4 Å². The lowest BCUT2D eigenvalue weighted by Crippen LogP contribution is -2.45. The van der Waals surface area contributed by atoms with E-state index in [1.807, 2.05) is 0 Å². The third kappa shape index (κ3) is 4.46. The van der Waals surface area contributed by atoms with Crippen molar-refractivity contribution in [1.82, 2.24) is 5.32 Å². The highest BCUT2D eigenvalue weighted by Gasteiger charge is 2.33. The summed E-state index contributed by atoms with van der Waals surface area (Å²) in [5, 5.41) is 23.3. The van der Waals surface area contributed by atoms with Gasteiger partial charge in [-0.05, 0) is 50.1 Å². The molecule has 0 bridgehead atoms. The zero-order valence-electron chi connectivity index (χ0n) is 16.1. The number of benzene rings is 2. The number of rotatable bonds is 7. The molecule has 28 heavy (non-hydrogen) atoms. The van der Waals surface area contributed by atoms with Gasteiger partial charge in [0.05, 0.1) is 24.0 Å². The van der Waals surface area contributed by atoms with Crippen molar-refractivity contribution in [3.63, 3.8) is 0 Å². The van der Waals surface area contributed by atoms with Crippen LogP contribution in [0.1, 0.15) is 40.4 Å². The third-order valence-electron chi connectivity index (χ3n) is 4.59. The molecule has 1 atom stereocenters. The smallest absolute Gasteiger partial charge is 0.306 e. The molecule has 0 saturated heterocycles. The number of nitro groups is 1. The Hall–Kier alpha value is -3.42. The molecular formula is C20H22N2O6. The minimum atomic E-state index is -1.25. The summed E-state index contributed by atoms with van der Waals surface area (Å²) in [6, 6.07) is 9.52. The summed E-state index contributed by atoms with van der Waals surface area (Å²) in [6.07, 6.45) is -0.376. The van der Waals surface area contributed by atoms with E-state index < -0.39 is 22.3 Å². The van der Waals surface area contributed by atoms with Gasteiger partial charge in [-0.25, -0.2) is 0 Å². The molecule has 0 heterocycles. The van der Waals surface area contributed by atoms with Crippen LogP contribution in [0.15, 0.2) is 36.4 Å². The Kier molecular flexibility index (Phi) is 6.03. The number of carbonyl (C=O) groups excluding carboxylic acids is 1. The van der Waals surface area contributed by atoms with Crippen LogP contribution in [0, 0.1) is 24.0 Å². The molecule has 8 heteroatoms. The molecule has 2 N–H and O–H groups in total. The van der Waals surface area contributed by atoms with Gasteiger partial charge in [0.25, 0.3) is 11.6 Å². The molecule has 0 aliphatic carbocycles. The molecule has 0 aliphatic rings. The van der Waals surface area contributed by atoms with Crippen LogP contribution in [0.3, 0.4) is 0 Å². The normalized spacial score (nSPS) is 12.7. The van der Waals surface area contributed by atoms with Crippen LogP contribution in [-0.2, 0) is 10.3 Å². The van der Waals surface area contributed by atoms with E-state index in [4.69, 9.17) is 4.74 Å². The topological polar surface area (TPSA) is 119 Å². The van der Waals surface area contributed by atoms with Gasteiger partial charge in [0.2, 0.25) is 0 Å². The Balaban J connectivity index is 2.47. The lowest BCUT2D eigenvalue weighted by atomic mass is 9.87. The number of amides is 1. The van der Waals surface area contributed by atoms with Gasteiger partial charge in [0, 0.05) is 17.2 Å². The molecule has 0 aromatic heterocycles. The van der Waals surface area contributed by atoms with Gasteiger partial charge >= 0.3 is 5.97 Å². The summed E-state index contributed by atoms with van der Waals surface area (Å²) < 4.78 is 5.18. The number of carboxylic acids is 1. The maximum Gasteiger partial charge on any atom is 0.306 e. The zero-order chi connectivity index (χ0) is 21.1. The number of nitro benzene ring substituents is 1. The molecule has 2 aromatic rings. The first-order valence-electron chi connectivity index (χ1n) is 8.52. The zero-order valence-corrected chi connectivity index (χ0v) is 16.1. The van der Waals surface area contributed by atoms with Crippen molar-refractivity contribution >= 4 is 17.6 Å². The summed E-state index contributed by atoms with van der Waals surface area (Å²) in [5.41, 5.74) is 0.253. The van der Waals surface area contributed by atoms with E-state index in [-0.39, 0.29) is 17.7 Å². The minimum absolute atomic E-state index is 0.122. The lowest BCUT2D eigenvalue weighted by molar-refractivity contribution is -0.385. The lowest BCUT2D eigenvalue weighted by Gasteiger charge is -2.30. The first-order valence-corrected chi connectivity index (χ1v) is 8.52. The first kappa shape index (κ1) is 20.9. The van der Waals surface area contributed by atoms with Gasteiger partial charge in [-0.1, -0.05) is 12.1 Å². The highest BCUT2D eigenvalue weighted by molar-refractivity contribution is 5.97. The van der Waals surface area contributed by atoms with E-state index in [9.17, 15) is 24.8 Å². The molecule has 0 spiro atoms. The summed E-state index contributed by atoms with van der Waals surface area (Å²) in [4.78, 5) is 35.0. The van der Waals surface area contributed by atoms with Crippen molar-refractivity contribution in [2.45, 2.75) is 32.7 Å². The van der Waals surface area contributed by atoms with E-state index in [2.05, 4.69) is 5.32 Å². The largest absolute Gasteiger partial charge is 0.497 e. The predicted molar refractivity (Wildman–Crippen MR) is 103 cm³/mol. The van der Waals surface area contributed by atoms with Crippen molar-refractivity contribution in [2.75, 3.05) is 7.11 Å². The number of aliphatic carboxylic acids is 1. The number of methoxy groups -OCH3 is 1. The molecule has 2 aromatic carbocycles. The summed E-state index contributed by atoms with van der Waals surface area (Å²) in [6.45, 7) is 4.86. The number of hydrogen-bond acceptors (Lipinski definition) is 5. The number of carboxylic acid groups (broad SMARTS) is 1. The number of hydrogen-bond donors (Lipinski definition) is 2. The molecule has 148 valence electrons. The summed E-state index contributed by atoms with van der Waals surface area (Å²) in [5.74, 6) is -1.17.